The maximum atomic E-state index is 9.89. The normalized spacial score (nSPS) is 10.5. The van der Waals surface area contributed by atoms with E-state index in [1.54, 1.807) is 18.2 Å². The van der Waals surface area contributed by atoms with E-state index < -0.39 is 0 Å². The first-order chi connectivity index (χ1) is 8.99. The third-order valence-corrected chi connectivity index (χ3v) is 3.61. The standard InChI is InChI=1S/C16H18ClNO/c1-11-7-8-15(12(2)9-11)18(3)10-13-14(17)5-4-6-16(13)19/h4-9,19H,10H2,1-3H3. The summed E-state index contributed by atoms with van der Waals surface area (Å²) >= 11 is 6.14. The van der Waals surface area contributed by atoms with Gasteiger partial charge in [0.05, 0.1) is 0 Å². The van der Waals surface area contributed by atoms with Crippen LogP contribution in [0.1, 0.15) is 16.7 Å². The molecule has 0 aliphatic carbocycles. The lowest BCUT2D eigenvalue weighted by molar-refractivity contribution is 0.468. The van der Waals surface area contributed by atoms with Gasteiger partial charge in [-0.15, -0.1) is 0 Å². The molecule has 0 saturated heterocycles. The Morgan fingerprint density at radius 3 is 2.53 bits per heavy atom. The Morgan fingerprint density at radius 2 is 1.89 bits per heavy atom. The number of phenolic OH excluding ortho intramolecular Hbond substituents is 1. The first-order valence-corrected chi connectivity index (χ1v) is 6.61. The van der Waals surface area contributed by atoms with E-state index in [0.717, 1.165) is 11.3 Å². The highest BCUT2D eigenvalue weighted by Gasteiger charge is 2.11. The summed E-state index contributed by atoms with van der Waals surface area (Å²) in [6, 6.07) is 11.5. The van der Waals surface area contributed by atoms with Crippen LogP contribution in [0.2, 0.25) is 5.02 Å². The van der Waals surface area contributed by atoms with Crippen molar-refractivity contribution in [2.75, 3.05) is 11.9 Å². The maximum Gasteiger partial charge on any atom is 0.122 e. The van der Waals surface area contributed by atoms with Crippen LogP contribution in [0.25, 0.3) is 0 Å². The van der Waals surface area contributed by atoms with Crippen molar-refractivity contribution >= 4 is 17.3 Å². The Morgan fingerprint density at radius 1 is 1.16 bits per heavy atom. The Bertz CT molecular complexity index is 575. The fourth-order valence-corrected chi connectivity index (χ4v) is 2.49. The zero-order valence-corrected chi connectivity index (χ0v) is 12.2. The van der Waals surface area contributed by atoms with Crippen LogP contribution >= 0.6 is 11.6 Å². The van der Waals surface area contributed by atoms with Gasteiger partial charge in [0.15, 0.2) is 0 Å². The molecule has 0 aliphatic heterocycles. The van der Waals surface area contributed by atoms with Crippen molar-refractivity contribution in [3.8, 4) is 5.75 Å². The van der Waals surface area contributed by atoms with Crippen LogP contribution in [0.15, 0.2) is 36.4 Å². The molecule has 3 heteroatoms. The Hall–Kier alpha value is -1.67. The second-order valence-electron chi connectivity index (χ2n) is 4.88. The summed E-state index contributed by atoms with van der Waals surface area (Å²) in [5, 5.41) is 10.5. The van der Waals surface area contributed by atoms with E-state index >= 15 is 0 Å². The first kappa shape index (κ1) is 13.8. The molecule has 2 nitrogen and oxygen atoms in total. The van der Waals surface area contributed by atoms with Gasteiger partial charge in [-0.3, -0.25) is 0 Å². The van der Waals surface area contributed by atoms with Crippen LogP contribution in [0.3, 0.4) is 0 Å². The third kappa shape index (κ3) is 3.02. The van der Waals surface area contributed by atoms with E-state index in [0.29, 0.717) is 11.6 Å². The molecule has 0 aliphatic rings. The van der Waals surface area contributed by atoms with Crippen LogP contribution < -0.4 is 4.90 Å². The van der Waals surface area contributed by atoms with Crippen molar-refractivity contribution in [1.82, 2.24) is 0 Å². The van der Waals surface area contributed by atoms with Crippen LogP contribution in [0.5, 0.6) is 5.75 Å². The molecule has 0 saturated carbocycles. The number of nitrogens with zero attached hydrogens (tertiary/aromatic N) is 1. The van der Waals surface area contributed by atoms with E-state index in [1.807, 2.05) is 7.05 Å². The second kappa shape index (κ2) is 5.54. The highest BCUT2D eigenvalue weighted by Crippen LogP contribution is 2.29. The second-order valence-corrected chi connectivity index (χ2v) is 5.29. The quantitative estimate of drug-likeness (QED) is 0.903. The van der Waals surface area contributed by atoms with Crippen LogP contribution in [-0.4, -0.2) is 12.2 Å². The molecule has 0 bridgehead atoms. The van der Waals surface area contributed by atoms with Gasteiger partial charge >= 0.3 is 0 Å². The number of anilines is 1. The fourth-order valence-electron chi connectivity index (χ4n) is 2.26. The summed E-state index contributed by atoms with van der Waals surface area (Å²) in [6.45, 7) is 4.75. The molecule has 0 unspecified atom stereocenters. The molecule has 1 N–H and O–H groups in total. The van der Waals surface area contributed by atoms with Crippen molar-refractivity contribution in [1.29, 1.82) is 0 Å². The number of hydrogen-bond donors (Lipinski definition) is 1. The summed E-state index contributed by atoms with van der Waals surface area (Å²) in [5.41, 5.74) is 4.36. The van der Waals surface area contributed by atoms with Gasteiger partial charge < -0.3 is 10.0 Å². The predicted octanol–water partition coefficient (Wildman–Crippen LogP) is 4.30. The molecule has 0 fully saturated rings. The molecule has 0 amide bonds. The molecular weight excluding hydrogens is 258 g/mol. The van der Waals surface area contributed by atoms with Gasteiger partial charge in [-0.05, 0) is 37.6 Å². The minimum Gasteiger partial charge on any atom is -0.508 e. The van der Waals surface area contributed by atoms with Gasteiger partial charge in [-0.25, -0.2) is 0 Å². The average molecular weight is 276 g/mol. The minimum absolute atomic E-state index is 0.240. The van der Waals surface area contributed by atoms with Crippen molar-refractivity contribution in [2.45, 2.75) is 20.4 Å². The minimum atomic E-state index is 0.240. The zero-order valence-electron chi connectivity index (χ0n) is 11.4. The predicted molar refractivity (Wildman–Crippen MR) is 81.1 cm³/mol. The lowest BCUT2D eigenvalue weighted by atomic mass is 10.1. The molecule has 0 atom stereocenters. The fraction of sp³-hybridized carbons (Fsp3) is 0.250. The lowest BCUT2D eigenvalue weighted by Gasteiger charge is -2.23. The topological polar surface area (TPSA) is 23.5 Å². The molecule has 0 radical (unpaired) electrons. The molecule has 2 rings (SSSR count). The zero-order chi connectivity index (χ0) is 14.0. The Labute approximate surface area is 119 Å². The van der Waals surface area contributed by atoms with Gasteiger partial charge in [0.1, 0.15) is 5.75 Å². The summed E-state index contributed by atoms with van der Waals surface area (Å²) in [6.07, 6.45) is 0. The Kier molecular flexibility index (Phi) is 4.01. The molecule has 0 heterocycles. The van der Waals surface area contributed by atoms with E-state index in [9.17, 15) is 5.11 Å². The summed E-state index contributed by atoms with van der Waals surface area (Å²) in [5.74, 6) is 0.240. The number of benzene rings is 2. The highest BCUT2D eigenvalue weighted by atomic mass is 35.5. The summed E-state index contributed by atoms with van der Waals surface area (Å²) in [7, 11) is 2.00. The lowest BCUT2D eigenvalue weighted by Crippen LogP contribution is -2.17. The summed E-state index contributed by atoms with van der Waals surface area (Å²) in [4.78, 5) is 2.09. The number of rotatable bonds is 3. The van der Waals surface area contributed by atoms with Gasteiger partial charge in [0.2, 0.25) is 0 Å². The number of halogens is 1. The molecule has 2 aromatic rings. The molecule has 100 valence electrons. The SMILES string of the molecule is Cc1ccc(N(C)Cc2c(O)cccc2Cl)c(C)c1. The summed E-state index contributed by atoms with van der Waals surface area (Å²) < 4.78 is 0. The van der Waals surface area contributed by atoms with Gasteiger partial charge in [0, 0.05) is 29.9 Å². The molecular formula is C16H18ClNO. The van der Waals surface area contributed by atoms with E-state index in [4.69, 9.17) is 11.6 Å². The monoisotopic (exact) mass is 275 g/mol. The number of hydrogen-bond acceptors (Lipinski definition) is 2. The number of phenols is 1. The van der Waals surface area contributed by atoms with E-state index in [2.05, 4.69) is 36.9 Å². The maximum absolute atomic E-state index is 9.89. The van der Waals surface area contributed by atoms with Crippen molar-refractivity contribution < 1.29 is 5.11 Å². The Balaban J connectivity index is 2.28. The molecule has 0 spiro atoms. The third-order valence-electron chi connectivity index (χ3n) is 3.25. The molecule has 0 aromatic heterocycles. The van der Waals surface area contributed by atoms with Gasteiger partial charge in [0.25, 0.3) is 0 Å². The van der Waals surface area contributed by atoms with Crippen LogP contribution in [0.4, 0.5) is 5.69 Å². The first-order valence-electron chi connectivity index (χ1n) is 6.24. The highest BCUT2D eigenvalue weighted by molar-refractivity contribution is 6.31. The largest absolute Gasteiger partial charge is 0.508 e. The van der Waals surface area contributed by atoms with E-state index in [1.165, 1.54) is 11.1 Å². The van der Waals surface area contributed by atoms with Crippen molar-refractivity contribution in [3.05, 3.63) is 58.1 Å². The number of aryl methyl sites for hydroxylation is 2. The van der Waals surface area contributed by atoms with E-state index in [-0.39, 0.29) is 5.75 Å². The van der Waals surface area contributed by atoms with Gasteiger partial charge in [-0.1, -0.05) is 35.4 Å². The van der Waals surface area contributed by atoms with Gasteiger partial charge in [-0.2, -0.15) is 0 Å². The van der Waals surface area contributed by atoms with Crippen molar-refractivity contribution in [2.24, 2.45) is 0 Å². The molecule has 2 aromatic carbocycles. The molecule has 19 heavy (non-hydrogen) atoms. The van der Waals surface area contributed by atoms with Crippen molar-refractivity contribution in [3.63, 3.8) is 0 Å². The van der Waals surface area contributed by atoms with Crippen LogP contribution in [0, 0.1) is 13.8 Å². The smallest absolute Gasteiger partial charge is 0.122 e. The van der Waals surface area contributed by atoms with Crippen LogP contribution in [-0.2, 0) is 6.54 Å². The number of aromatic hydroxyl groups is 1. The average Bonchev–Trinajstić information content (AvgIpc) is 2.33.